The monoisotopic (exact) mass is 443 g/mol. The van der Waals surface area contributed by atoms with Gasteiger partial charge in [0.15, 0.2) is 5.78 Å². The van der Waals surface area contributed by atoms with Crippen molar-refractivity contribution in [1.82, 2.24) is 0 Å². The number of aryl methyl sites for hydroxylation is 1. The molecule has 5 nitrogen and oxygen atoms in total. The number of amides is 1. The van der Waals surface area contributed by atoms with Crippen molar-refractivity contribution >= 4 is 23.2 Å². The number of anilines is 1. The van der Waals surface area contributed by atoms with Gasteiger partial charge >= 0.3 is 0 Å². The highest BCUT2D eigenvalue weighted by Gasteiger charge is 2.19. The second-order valence-electron chi connectivity index (χ2n) is 7.95. The Morgan fingerprint density at radius 3 is 2.24 bits per heavy atom. The first-order chi connectivity index (χ1) is 16.0. The molecule has 0 aliphatic rings. The van der Waals surface area contributed by atoms with E-state index in [1.165, 1.54) is 4.90 Å². The number of hydrogen-bond donors (Lipinski definition) is 0. The van der Waals surface area contributed by atoms with E-state index in [0.717, 1.165) is 11.1 Å². The second-order valence-corrected chi connectivity index (χ2v) is 7.95. The number of benzene rings is 3. The maximum Gasteiger partial charge on any atom is 0.227 e. The van der Waals surface area contributed by atoms with Crippen LogP contribution < -0.4 is 9.64 Å². The Morgan fingerprint density at radius 1 is 0.788 bits per heavy atom. The van der Waals surface area contributed by atoms with E-state index in [1.54, 1.807) is 38.4 Å². The van der Waals surface area contributed by atoms with Gasteiger partial charge in [-0.2, -0.15) is 0 Å². The summed E-state index contributed by atoms with van der Waals surface area (Å²) in [7, 11) is 3.23. The molecule has 0 bridgehead atoms. The Bertz CT molecular complexity index is 1110. The molecule has 170 valence electrons. The Hall–Kier alpha value is -3.73. The molecule has 0 saturated heterocycles. The van der Waals surface area contributed by atoms with Gasteiger partial charge in [0.25, 0.3) is 0 Å². The van der Waals surface area contributed by atoms with Gasteiger partial charge in [0.1, 0.15) is 11.5 Å². The van der Waals surface area contributed by atoms with Crippen molar-refractivity contribution in [1.29, 1.82) is 0 Å². The molecule has 0 spiro atoms. The van der Waals surface area contributed by atoms with Crippen molar-refractivity contribution in [3.63, 3.8) is 0 Å². The fourth-order valence-corrected chi connectivity index (χ4v) is 3.67. The third-order valence-corrected chi connectivity index (χ3v) is 5.59. The number of ketones is 2. The highest BCUT2D eigenvalue weighted by atomic mass is 16.5. The van der Waals surface area contributed by atoms with Gasteiger partial charge in [0, 0.05) is 38.3 Å². The average Bonchev–Trinajstić information content (AvgIpc) is 2.86. The molecule has 0 aliphatic heterocycles. The zero-order chi connectivity index (χ0) is 23.6. The zero-order valence-electron chi connectivity index (χ0n) is 19.1. The molecule has 0 aromatic heterocycles. The summed E-state index contributed by atoms with van der Waals surface area (Å²) in [6.45, 7) is 0. The molecule has 3 rings (SSSR count). The van der Waals surface area contributed by atoms with E-state index in [-0.39, 0.29) is 36.7 Å². The molecule has 0 atom stereocenters. The van der Waals surface area contributed by atoms with Crippen molar-refractivity contribution in [3.8, 4) is 5.75 Å². The van der Waals surface area contributed by atoms with Crippen LogP contribution in [-0.2, 0) is 22.4 Å². The Balaban J connectivity index is 1.60. The van der Waals surface area contributed by atoms with Crippen molar-refractivity contribution in [3.05, 3.63) is 95.6 Å². The summed E-state index contributed by atoms with van der Waals surface area (Å²) in [4.78, 5) is 39.6. The normalized spacial score (nSPS) is 10.5. The minimum Gasteiger partial charge on any atom is -0.497 e. The molecule has 0 heterocycles. The Morgan fingerprint density at radius 2 is 1.48 bits per heavy atom. The number of para-hydroxylation sites is 1. The average molecular weight is 444 g/mol. The van der Waals surface area contributed by atoms with Crippen molar-refractivity contribution in [2.75, 3.05) is 19.1 Å². The Labute approximate surface area is 195 Å². The van der Waals surface area contributed by atoms with Crippen molar-refractivity contribution in [2.45, 2.75) is 32.1 Å². The van der Waals surface area contributed by atoms with Crippen LogP contribution in [0.1, 0.15) is 40.7 Å². The summed E-state index contributed by atoms with van der Waals surface area (Å²) in [5.74, 6) is 0.475. The van der Waals surface area contributed by atoms with E-state index in [2.05, 4.69) is 0 Å². The number of Topliss-reactive ketones (excluding diaryl/α,β-unsaturated/α-hetero) is 2. The van der Waals surface area contributed by atoms with E-state index >= 15 is 0 Å². The van der Waals surface area contributed by atoms with Gasteiger partial charge in [0.2, 0.25) is 5.91 Å². The number of carbonyl (C=O) groups excluding carboxylic acids is 3. The number of methoxy groups -OCH3 is 1. The van der Waals surface area contributed by atoms with Gasteiger partial charge in [-0.25, -0.2) is 0 Å². The van der Waals surface area contributed by atoms with E-state index in [1.807, 2.05) is 54.6 Å². The Kier molecular flexibility index (Phi) is 8.53. The molecule has 33 heavy (non-hydrogen) atoms. The van der Waals surface area contributed by atoms with Crippen LogP contribution in [0, 0.1) is 0 Å². The number of rotatable bonds is 11. The van der Waals surface area contributed by atoms with Crippen LogP contribution in [0.3, 0.4) is 0 Å². The first-order valence-electron chi connectivity index (χ1n) is 11.0. The molecule has 3 aromatic rings. The lowest BCUT2D eigenvalue weighted by Crippen LogP contribution is -2.28. The molecular formula is C28H29NO4. The second kappa shape index (κ2) is 11.8. The molecule has 5 heteroatoms. The third kappa shape index (κ3) is 6.88. The van der Waals surface area contributed by atoms with Crippen LogP contribution in [0.5, 0.6) is 5.75 Å². The van der Waals surface area contributed by atoms with E-state index in [9.17, 15) is 14.4 Å². The maximum atomic E-state index is 13.0. The predicted molar refractivity (Wildman–Crippen MR) is 130 cm³/mol. The molecule has 0 radical (unpaired) electrons. The van der Waals surface area contributed by atoms with Gasteiger partial charge in [-0.05, 0) is 41.8 Å². The first-order valence-corrected chi connectivity index (χ1v) is 11.0. The van der Waals surface area contributed by atoms with Gasteiger partial charge in [-0.15, -0.1) is 0 Å². The molecule has 3 aromatic carbocycles. The standard InChI is InChI=1S/C28H29NO4/c1-29(28(32)18-17-23(30)16-15-21-9-4-3-5-10-21)26-14-7-6-13-25(26)27(31)20-22-11-8-12-24(19-22)33-2/h3-14,19H,15-18,20H2,1-2H3. The molecule has 1 amide bonds. The summed E-state index contributed by atoms with van der Waals surface area (Å²) < 4.78 is 5.23. The largest absolute Gasteiger partial charge is 0.497 e. The molecule has 0 fully saturated rings. The number of nitrogens with zero attached hydrogens (tertiary/aromatic N) is 1. The molecule has 0 N–H and O–H groups in total. The first kappa shape index (κ1) is 23.9. The van der Waals surface area contributed by atoms with Gasteiger partial charge < -0.3 is 9.64 Å². The van der Waals surface area contributed by atoms with E-state index in [4.69, 9.17) is 4.74 Å². The quantitative estimate of drug-likeness (QED) is 0.388. The van der Waals surface area contributed by atoms with Crippen LogP contribution in [0.15, 0.2) is 78.9 Å². The van der Waals surface area contributed by atoms with Crippen LogP contribution in [0.25, 0.3) is 0 Å². The van der Waals surface area contributed by atoms with Gasteiger partial charge in [0.05, 0.1) is 12.8 Å². The molecule has 0 aliphatic carbocycles. The highest BCUT2D eigenvalue weighted by Crippen LogP contribution is 2.23. The minimum atomic E-state index is -0.190. The number of carbonyl (C=O) groups is 3. The lowest BCUT2D eigenvalue weighted by atomic mass is 10.0. The maximum absolute atomic E-state index is 13.0. The minimum absolute atomic E-state index is 0.0583. The van der Waals surface area contributed by atoms with Crippen LogP contribution >= 0.6 is 0 Å². The fourth-order valence-electron chi connectivity index (χ4n) is 3.67. The number of ether oxygens (including phenoxy) is 1. The van der Waals surface area contributed by atoms with Gasteiger partial charge in [-0.1, -0.05) is 54.6 Å². The van der Waals surface area contributed by atoms with E-state index < -0.39 is 0 Å². The molecule has 0 unspecified atom stereocenters. The topological polar surface area (TPSA) is 63.7 Å². The third-order valence-electron chi connectivity index (χ3n) is 5.59. The van der Waals surface area contributed by atoms with E-state index in [0.29, 0.717) is 29.8 Å². The predicted octanol–water partition coefficient (Wildman–Crippen LogP) is 5.07. The summed E-state index contributed by atoms with van der Waals surface area (Å²) in [6.07, 6.45) is 1.59. The summed E-state index contributed by atoms with van der Waals surface area (Å²) in [5.41, 5.74) is 2.98. The van der Waals surface area contributed by atoms with Crippen LogP contribution in [-0.4, -0.2) is 31.6 Å². The SMILES string of the molecule is COc1cccc(CC(=O)c2ccccc2N(C)C(=O)CCC(=O)CCc2ccccc2)c1. The lowest BCUT2D eigenvalue weighted by molar-refractivity contribution is -0.123. The van der Waals surface area contributed by atoms with Crippen molar-refractivity contribution < 1.29 is 19.1 Å². The fraction of sp³-hybridized carbons (Fsp3) is 0.250. The smallest absolute Gasteiger partial charge is 0.227 e. The summed E-state index contributed by atoms with van der Waals surface area (Å²) in [6, 6.07) is 24.3. The van der Waals surface area contributed by atoms with Crippen LogP contribution in [0.2, 0.25) is 0 Å². The van der Waals surface area contributed by atoms with Gasteiger partial charge in [-0.3, -0.25) is 14.4 Å². The lowest BCUT2D eigenvalue weighted by Gasteiger charge is -2.20. The zero-order valence-corrected chi connectivity index (χ0v) is 19.1. The summed E-state index contributed by atoms with van der Waals surface area (Å²) in [5, 5.41) is 0. The summed E-state index contributed by atoms with van der Waals surface area (Å²) >= 11 is 0. The molecular weight excluding hydrogens is 414 g/mol. The van der Waals surface area contributed by atoms with Crippen LogP contribution in [0.4, 0.5) is 5.69 Å². The molecule has 0 saturated carbocycles. The highest BCUT2D eigenvalue weighted by molar-refractivity contribution is 6.06. The number of hydrogen-bond acceptors (Lipinski definition) is 4. The van der Waals surface area contributed by atoms with Crippen molar-refractivity contribution in [2.24, 2.45) is 0 Å².